The molecule has 5 heteroatoms. The molecule has 0 unspecified atom stereocenters. The van der Waals surface area contributed by atoms with Gasteiger partial charge in [-0.3, -0.25) is 14.9 Å². The Morgan fingerprint density at radius 3 is 2.26 bits per heavy atom. The molecular formula is C18H27NO4. The minimum atomic E-state index is -0.573. The van der Waals surface area contributed by atoms with Crippen LogP contribution in [0, 0.1) is 5.41 Å². The first-order valence-electron chi connectivity index (χ1n) is 7.77. The first-order valence-corrected chi connectivity index (χ1v) is 7.77. The Morgan fingerprint density at radius 2 is 1.74 bits per heavy atom. The van der Waals surface area contributed by atoms with Crippen molar-refractivity contribution >= 4 is 11.9 Å². The minimum Gasteiger partial charge on any atom is -0.468 e. The zero-order chi connectivity index (χ0) is 17.5. The maximum Gasteiger partial charge on any atom is 0.323 e. The highest BCUT2D eigenvalue weighted by atomic mass is 16.5. The average Bonchev–Trinajstić information content (AvgIpc) is 2.50. The second-order valence-electron chi connectivity index (χ2n) is 6.82. The summed E-state index contributed by atoms with van der Waals surface area (Å²) in [7, 11) is 1.33. The number of carbonyl (C=O) groups excluding carboxylic acids is 2. The Hall–Kier alpha value is -1.88. The maximum absolute atomic E-state index is 12.4. The van der Waals surface area contributed by atoms with Crippen LogP contribution in [0.5, 0.6) is 0 Å². The fraction of sp³-hybridized carbons (Fsp3) is 0.556. The largest absolute Gasteiger partial charge is 0.468 e. The summed E-state index contributed by atoms with van der Waals surface area (Å²) in [6.45, 7) is 8.00. The first kappa shape index (κ1) is 19.2. The molecular weight excluding hydrogens is 294 g/mol. The molecule has 5 nitrogen and oxygen atoms in total. The molecule has 2 atom stereocenters. The van der Waals surface area contributed by atoms with Gasteiger partial charge in [0.2, 0.25) is 0 Å². The molecule has 0 heterocycles. The van der Waals surface area contributed by atoms with Gasteiger partial charge < -0.3 is 9.47 Å². The van der Waals surface area contributed by atoms with E-state index >= 15 is 0 Å². The highest BCUT2D eigenvalue weighted by Crippen LogP contribution is 2.22. The predicted molar refractivity (Wildman–Crippen MR) is 88.7 cm³/mol. The molecule has 0 bridgehead atoms. The molecule has 0 spiro atoms. The quantitative estimate of drug-likeness (QED) is 0.782. The van der Waals surface area contributed by atoms with E-state index in [-0.39, 0.29) is 18.0 Å². The van der Waals surface area contributed by atoms with Gasteiger partial charge >= 0.3 is 11.9 Å². The predicted octanol–water partition coefficient (Wildman–Crippen LogP) is 2.69. The molecule has 128 valence electrons. The van der Waals surface area contributed by atoms with Crippen molar-refractivity contribution in [3.8, 4) is 0 Å². The van der Waals surface area contributed by atoms with Crippen molar-refractivity contribution in [2.75, 3.05) is 7.11 Å². The molecule has 0 aliphatic heterocycles. The van der Waals surface area contributed by atoms with Gasteiger partial charge in [-0.15, -0.1) is 0 Å². The van der Waals surface area contributed by atoms with E-state index in [1.807, 2.05) is 51.1 Å². The lowest BCUT2D eigenvalue weighted by Crippen LogP contribution is -2.48. The lowest BCUT2D eigenvalue weighted by Gasteiger charge is -2.27. The van der Waals surface area contributed by atoms with Gasteiger partial charge in [0.15, 0.2) is 0 Å². The van der Waals surface area contributed by atoms with Crippen LogP contribution in [0.4, 0.5) is 0 Å². The van der Waals surface area contributed by atoms with Crippen molar-refractivity contribution in [1.82, 2.24) is 5.32 Å². The number of esters is 2. The third-order valence-electron chi connectivity index (χ3n) is 3.33. The molecule has 23 heavy (non-hydrogen) atoms. The Kier molecular flexibility index (Phi) is 7.23. The number of hydrogen-bond acceptors (Lipinski definition) is 5. The first-order chi connectivity index (χ1) is 10.7. The lowest BCUT2D eigenvalue weighted by atomic mass is 9.88. The summed E-state index contributed by atoms with van der Waals surface area (Å²) in [6.07, 6.45) is 0.557. The zero-order valence-corrected chi connectivity index (χ0v) is 14.6. The van der Waals surface area contributed by atoms with E-state index in [1.165, 1.54) is 7.11 Å². The van der Waals surface area contributed by atoms with Crippen LogP contribution in [-0.2, 0) is 25.7 Å². The van der Waals surface area contributed by atoms with E-state index in [1.54, 1.807) is 6.92 Å². The van der Waals surface area contributed by atoms with Crippen molar-refractivity contribution < 1.29 is 19.1 Å². The molecule has 0 radical (unpaired) electrons. The summed E-state index contributed by atoms with van der Waals surface area (Å²) in [4.78, 5) is 24.0. The lowest BCUT2D eigenvalue weighted by molar-refractivity contribution is -0.150. The summed E-state index contributed by atoms with van der Waals surface area (Å²) < 4.78 is 10.1. The summed E-state index contributed by atoms with van der Waals surface area (Å²) in [5, 5.41) is 3.01. The highest BCUT2D eigenvalue weighted by Gasteiger charge is 2.29. The number of rotatable bonds is 7. The number of hydrogen-bond donors (Lipinski definition) is 1. The SMILES string of the molecule is COC(=O)[C@@H](C)N[C@@H](CC(C)(C)C)C(=O)OCc1ccccc1. The zero-order valence-electron chi connectivity index (χ0n) is 14.6. The summed E-state index contributed by atoms with van der Waals surface area (Å²) in [6, 6.07) is 8.37. The fourth-order valence-corrected chi connectivity index (χ4v) is 2.20. The van der Waals surface area contributed by atoms with Crippen molar-refractivity contribution in [2.45, 2.75) is 52.8 Å². The van der Waals surface area contributed by atoms with Gasteiger partial charge in [-0.1, -0.05) is 51.1 Å². The van der Waals surface area contributed by atoms with Gasteiger partial charge in [0.25, 0.3) is 0 Å². The molecule has 1 N–H and O–H groups in total. The van der Waals surface area contributed by atoms with E-state index in [4.69, 9.17) is 9.47 Å². The molecule has 1 aromatic rings. The van der Waals surface area contributed by atoms with Crippen molar-refractivity contribution in [3.63, 3.8) is 0 Å². The second-order valence-corrected chi connectivity index (χ2v) is 6.82. The van der Waals surface area contributed by atoms with Crippen molar-refractivity contribution in [1.29, 1.82) is 0 Å². The minimum absolute atomic E-state index is 0.0841. The van der Waals surface area contributed by atoms with Crippen LogP contribution in [-0.4, -0.2) is 31.1 Å². The van der Waals surface area contributed by atoms with Crippen molar-refractivity contribution in [3.05, 3.63) is 35.9 Å². The number of nitrogens with one attached hydrogen (secondary N) is 1. The van der Waals surface area contributed by atoms with E-state index in [9.17, 15) is 9.59 Å². The van der Waals surface area contributed by atoms with Gasteiger partial charge in [0.1, 0.15) is 18.7 Å². The third-order valence-corrected chi connectivity index (χ3v) is 3.33. The molecule has 0 saturated carbocycles. The van der Waals surface area contributed by atoms with Gasteiger partial charge in [-0.05, 0) is 24.3 Å². The molecule has 0 saturated heterocycles. The van der Waals surface area contributed by atoms with Crippen LogP contribution in [0.2, 0.25) is 0 Å². The van der Waals surface area contributed by atoms with Crippen LogP contribution < -0.4 is 5.32 Å². The molecule has 0 aliphatic rings. The molecule has 1 rings (SSSR count). The van der Waals surface area contributed by atoms with E-state index < -0.39 is 18.1 Å². The van der Waals surface area contributed by atoms with Crippen LogP contribution in [0.15, 0.2) is 30.3 Å². The van der Waals surface area contributed by atoms with Crippen LogP contribution in [0.1, 0.15) is 39.7 Å². The van der Waals surface area contributed by atoms with Gasteiger partial charge in [-0.2, -0.15) is 0 Å². The molecule has 0 amide bonds. The molecule has 0 fully saturated rings. The summed E-state index contributed by atoms with van der Waals surface area (Å²) in [5.41, 5.74) is 0.843. The number of ether oxygens (including phenoxy) is 2. The fourth-order valence-electron chi connectivity index (χ4n) is 2.20. The van der Waals surface area contributed by atoms with Gasteiger partial charge in [-0.25, -0.2) is 0 Å². The topological polar surface area (TPSA) is 64.6 Å². The molecule has 0 aromatic heterocycles. The number of carbonyl (C=O) groups is 2. The van der Waals surface area contributed by atoms with E-state index in [2.05, 4.69) is 5.32 Å². The normalized spacial score (nSPS) is 14.0. The Labute approximate surface area is 138 Å². The molecule has 1 aromatic carbocycles. The smallest absolute Gasteiger partial charge is 0.323 e. The standard InChI is InChI=1S/C18H27NO4/c1-13(16(20)22-5)19-15(11-18(2,3)4)17(21)23-12-14-9-7-6-8-10-14/h6-10,13,15,19H,11-12H2,1-5H3/t13-,15+/m1/s1. The number of methoxy groups -OCH3 is 1. The number of benzene rings is 1. The monoisotopic (exact) mass is 321 g/mol. The van der Waals surface area contributed by atoms with Gasteiger partial charge in [0, 0.05) is 0 Å². The maximum atomic E-state index is 12.4. The van der Waals surface area contributed by atoms with E-state index in [0.717, 1.165) is 5.56 Å². The van der Waals surface area contributed by atoms with Crippen LogP contribution in [0.25, 0.3) is 0 Å². The Bertz CT molecular complexity index is 508. The summed E-state index contributed by atoms with van der Waals surface area (Å²) in [5.74, 6) is -0.765. The second kappa shape index (κ2) is 8.67. The van der Waals surface area contributed by atoms with Crippen molar-refractivity contribution in [2.24, 2.45) is 5.41 Å². The highest BCUT2D eigenvalue weighted by molar-refractivity contribution is 5.79. The Morgan fingerprint density at radius 1 is 1.13 bits per heavy atom. The van der Waals surface area contributed by atoms with E-state index in [0.29, 0.717) is 6.42 Å². The Balaban J connectivity index is 2.70. The van der Waals surface area contributed by atoms with Crippen LogP contribution in [0.3, 0.4) is 0 Å². The average molecular weight is 321 g/mol. The van der Waals surface area contributed by atoms with Gasteiger partial charge in [0.05, 0.1) is 7.11 Å². The van der Waals surface area contributed by atoms with Crippen LogP contribution >= 0.6 is 0 Å². The molecule has 0 aliphatic carbocycles. The summed E-state index contributed by atoms with van der Waals surface area (Å²) >= 11 is 0. The third kappa shape index (κ3) is 7.28.